The van der Waals surface area contributed by atoms with Crippen molar-refractivity contribution in [1.29, 1.82) is 0 Å². The summed E-state index contributed by atoms with van der Waals surface area (Å²) in [5, 5.41) is 3.87. The van der Waals surface area contributed by atoms with Crippen LogP contribution in [-0.2, 0) is 7.05 Å². The second kappa shape index (κ2) is 5.51. The summed E-state index contributed by atoms with van der Waals surface area (Å²) in [7, 11) is 1.72. The third kappa shape index (κ3) is 2.70. The van der Waals surface area contributed by atoms with Crippen LogP contribution in [0, 0.1) is 6.92 Å². The van der Waals surface area contributed by atoms with Gasteiger partial charge in [-0.2, -0.15) is 0 Å². The largest absolute Gasteiger partial charge is 0.486 e. The number of likely N-dealkylation sites (tertiary alicyclic amines) is 1. The number of pyridine rings is 1. The Balaban J connectivity index is 1.35. The Labute approximate surface area is 138 Å². The zero-order valence-electron chi connectivity index (χ0n) is 13.7. The topological polar surface area (TPSA) is 77.6 Å². The van der Waals surface area contributed by atoms with Crippen molar-refractivity contribution in [3.05, 3.63) is 45.7 Å². The number of nitrogens with zero attached hydrogens (tertiary/aromatic N) is 3. The number of carbonyl (C=O) groups excluding carboxylic acids is 1. The number of carbonyl (C=O) groups is 1. The van der Waals surface area contributed by atoms with Crippen molar-refractivity contribution in [3.8, 4) is 5.75 Å². The first-order valence-electron chi connectivity index (χ1n) is 8.11. The van der Waals surface area contributed by atoms with Gasteiger partial charge >= 0.3 is 0 Å². The van der Waals surface area contributed by atoms with E-state index in [1.54, 1.807) is 22.6 Å². The number of aryl methyl sites for hydroxylation is 1. The van der Waals surface area contributed by atoms with E-state index < -0.39 is 0 Å². The lowest BCUT2D eigenvalue weighted by atomic mass is 10.1. The molecule has 126 valence electrons. The Hall–Kier alpha value is -2.57. The van der Waals surface area contributed by atoms with Crippen LogP contribution in [0.2, 0.25) is 0 Å². The van der Waals surface area contributed by atoms with Gasteiger partial charge in [0.25, 0.3) is 11.5 Å². The molecule has 0 radical (unpaired) electrons. The first-order chi connectivity index (χ1) is 11.5. The van der Waals surface area contributed by atoms with Crippen molar-refractivity contribution >= 4 is 5.91 Å². The van der Waals surface area contributed by atoms with Gasteiger partial charge in [0.05, 0.1) is 13.1 Å². The monoisotopic (exact) mass is 329 g/mol. The zero-order chi connectivity index (χ0) is 16.8. The van der Waals surface area contributed by atoms with Gasteiger partial charge in [-0.3, -0.25) is 9.59 Å². The van der Waals surface area contributed by atoms with Crippen LogP contribution in [0.1, 0.15) is 40.7 Å². The highest BCUT2D eigenvalue weighted by Crippen LogP contribution is 2.40. The molecule has 1 saturated heterocycles. The molecule has 7 nitrogen and oxygen atoms in total. The Morgan fingerprint density at radius 3 is 2.71 bits per heavy atom. The van der Waals surface area contributed by atoms with Gasteiger partial charge in [0.2, 0.25) is 0 Å². The molecule has 0 aromatic carbocycles. The third-order valence-electron chi connectivity index (χ3n) is 4.64. The second-order valence-electron chi connectivity index (χ2n) is 6.57. The van der Waals surface area contributed by atoms with Crippen molar-refractivity contribution in [2.24, 2.45) is 7.05 Å². The van der Waals surface area contributed by atoms with Gasteiger partial charge in [0.1, 0.15) is 17.6 Å². The molecular weight excluding hydrogens is 310 g/mol. The summed E-state index contributed by atoms with van der Waals surface area (Å²) >= 11 is 0. The van der Waals surface area contributed by atoms with E-state index in [0.29, 0.717) is 30.5 Å². The molecule has 1 aliphatic heterocycles. The smallest absolute Gasteiger partial charge is 0.276 e. The quantitative estimate of drug-likeness (QED) is 0.849. The Morgan fingerprint density at radius 2 is 2.04 bits per heavy atom. The third-order valence-corrected chi connectivity index (χ3v) is 4.64. The van der Waals surface area contributed by atoms with Crippen LogP contribution in [0.4, 0.5) is 0 Å². The normalized spacial score (nSPS) is 17.7. The molecule has 1 amide bonds. The highest BCUT2D eigenvalue weighted by molar-refractivity contribution is 5.92. The van der Waals surface area contributed by atoms with Crippen LogP contribution in [-0.4, -0.2) is 39.7 Å². The molecule has 7 heteroatoms. The van der Waals surface area contributed by atoms with Crippen LogP contribution in [0.15, 0.2) is 27.5 Å². The molecule has 1 saturated carbocycles. The van der Waals surface area contributed by atoms with E-state index in [0.717, 1.165) is 24.3 Å². The molecule has 0 bridgehead atoms. The van der Waals surface area contributed by atoms with E-state index in [-0.39, 0.29) is 17.6 Å². The van der Waals surface area contributed by atoms with Crippen molar-refractivity contribution in [3.63, 3.8) is 0 Å². The van der Waals surface area contributed by atoms with E-state index in [2.05, 4.69) is 5.16 Å². The summed E-state index contributed by atoms with van der Waals surface area (Å²) in [6.07, 6.45) is 2.12. The molecule has 1 aliphatic carbocycles. The fourth-order valence-electron chi connectivity index (χ4n) is 2.79. The van der Waals surface area contributed by atoms with Gasteiger partial charge < -0.3 is 18.7 Å². The summed E-state index contributed by atoms with van der Waals surface area (Å²) in [6.45, 7) is 2.82. The van der Waals surface area contributed by atoms with Gasteiger partial charge in [0.15, 0.2) is 5.69 Å². The van der Waals surface area contributed by atoms with Crippen molar-refractivity contribution in [1.82, 2.24) is 14.6 Å². The molecule has 0 atom stereocenters. The average molecular weight is 329 g/mol. The number of ether oxygens (including phenoxy) is 1. The number of amides is 1. The van der Waals surface area contributed by atoms with Gasteiger partial charge in [0, 0.05) is 30.8 Å². The fraction of sp³-hybridized carbons (Fsp3) is 0.471. The Kier molecular flexibility index (Phi) is 3.44. The van der Waals surface area contributed by atoms with Gasteiger partial charge in [-0.25, -0.2) is 0 Å². The number of hydrogen-bond donors (Lipinski definition) is 0. The van der Waals surface area contributed by atoms with Crippen LogP contribution in [0.3, 0.4) is 0 Å². The molecule has 2 fully saturated rings. The lowest BCUT2D eigenvalue weighted by Gasteiger charge is -2.38. The van der Waals surface area contributed by atoms with E-state index in [1.807, 2.05) is 13.0 Å². The van der Waals surface area contributed by atoms with E-state index in [4.69, 9.17) is 9.26 Å². The maximum absolute atomic E-state index is 12.3. The van der Waals surface area contributed by atoms with Gasteiger partial charge in [-0.1, -0.05) is 5.16 Å². The van der Waals surface area contributed by atoms with Crippen molar-refractivity contribution in [2.75, 3.05) is 13.1 Å². The summed E-state index contributed by atoms with van der Waals surface area (Å²) < 4.78 is 12.6. The maximum atomic E-state index is 12.3. The van der Waals surface area contributed by atoms with Gasteiger partial charge in [-0.15, -0.1) is 0 Å². The standard InChI is InChI=1S/C17H19N3O4/c1-10-5-12(6-16(21)19(10)2)23-13-8-20(9-13)17(22)14-7-15(24-18-14)11-3-4-11/h5-7,11,13H,3-4,8-9H2,1-2H3. The van der Waals surface area contributed by atoms with Crippen LogP contribution in [0.5, 0.6) is 5.75 Å². The number of hydrogen-bond acceptors (Lipinski definition) is 5. The molecule has 0 N–H and O–H groups in total. The van der Waals surface area contributed by atoms with E-state index >= 15 is 0 Å². The molecule has 2 aromatic rings. The minimum atomic E-state index is -0.134. The molecular formula is C17H19N3O4. The fourth-order valence-corrected chi connectivity index (χ4v) is 2.79. The Morgan fingerprint density at radius 1 is 1.29 bits per heavy atom. The number of rotatable bonds is 4. The minimum absolute atomic E-state index is 0.102. The van der Waals surface area contributed by atoms with Crippen LogP contribution >= 0.6 is 0 Å². The highest BCUT2D eigenvalue weighted by Gasteiger charge is 2.35. The summed E-state index contributed by atoms with van der Waals surface area (Å²) in [5.74, 6) is 1.66. The molecule has 24 heavy (non-hydrogen) atoms. The van der Waals surface area contributed by atoms with E-state index in [9.17, 15) is 9.59 Å². The molecule has 2 aliphatic rings. The van der Waals surface area contributed by atoms with Crippen LogP contribution < -0.4 is 10.3 Å². The molecule has 4 rings (SSSR count). The summed E-state index contributed by atoms with van der Waals surface area (Å²) in [4.78, 5) is 25.8. The van der Waals surface area contributed by atoms with Crippen molar-refractivity contribution < 1.29 is 14.1 Å². The predicted molar refractivity (Wildman–Crippen MR) is 85.2 cm³/mol. The van der Waals surface area contributed by atoms with Gasteiger partial charge in [-0.05, 0) is 25.8 Å². The van der Waals surface area contributed by atoms with E-state index in [1.165, 1.54) is 6.07 Å². The molecule has 3 heterocycles. The lowest BCUT2D eigenvalue weighted by Crippen LogP contribution is -2.56. The Bertz CT molecular complexity index is 844. The first kappa shape index (κ1) is 15.0. The molecule has 0 spiro atoms. The lowest BCUT2D eigenvalue weighted by molar-refractivity contribution is 0.0169. The summed E-state index contributed by atoms with van der Waals surface area (Å²) in [6, 6.07) is 5.04. The summed E-state index contributed by atoms with van der Waals surface area (Å²) in [5.41, 5.74) is 1.09. The predicted octanol–water partition coefficient (Wildman–Crippen LogP) is 1.46. The second-order valence-corrected chi connectivity index (χ2v) is 6.57. The number of aromatic nitrogens is 2. The molecule has 2 aromatic heterocycles. The highest BCUT2D eigenvalue weighted by atomic mass is 16.5. The maximum Gasteiger partial charge on any atom is 0.276 e. The van der Waals surface area contributed by atoms with Crippen molar-refractivity contribution in [2.45, 2.75) is 31.8 Å². The zero-order valence-corrected chi connectivity index (χ0v) is 13.7. The van der Waals surface area contributed by atoms with Crippen LogP contribution in [0.25, 0.3) is 0 Å². The SMILES string of the molecule is Cc1cc(OC2CN(C(=O)c3cc(C4CC4)on3)C2)cc(=O)n1C. The first-order valence-corrected chi connectivity index (χ1v) is 8.11. The minimum Gasteiger partial charge on any atom is -0.486 e. The average Bonchev–Trinajstić information content (AvgIpc) is 3.24. The molecule has 0 unspecified atom stereocenters.